The number of fused-ring (bicyclic) bond motifs is 2. The third-order valence-electron chi connectivity index (χ3n) is 5.28. The molecule has 0 spiro atoms. The van der Waals surface area contributed by atoms with Crippen LogP contribution in [0.3, 0.4) is 0 Å². The lowest BCUT2D eigenvalue weighted by atomic mass is 9.97. The van der Waals surface area contributed by atoms with E-state index in [2.05, 4.69) is 61.9 Å². The van der Waals surface area contributed by atoms with Crippen LogP contribution in [0.5, 0.6) is 0 Å². The van der Waals surface area contributed by atoms with Gasteiger partial charge in [0.1, 0.15) is 0 Å². The summed E-state index contributed by atoms with van der Waals surface area (Å²) in [6.07, 6.45) is 3.50. The highest BCUT2D eigenvalue weighted by atomic mass is 79.9. The quantitative estimate of drug-likeness (QED) is 0.196. The highest BCUT2D eigenvalue weighted by Crippen LogP contribution is 2.27. The first kappa shape index (κ1) is 20.2. The number of carbonyl (C=O) groups is 1. The van der Waals surface area contributed by atoms with Crippen molar-refractivity contribution in [3.63, 3.8) is 0 Å². The number of hydrogen-bond donors (Lipinski definition) is 1. The van der Waals surface area contributed by atoms with Crippen LogP contribution < -0.4 is 5.43 Å². The Labute approximate surface area is 193 Å². The van der Waals surface area contributed by atoms with E-state index in [1.54, 1.807) is 23.2 Å². The SMILES string of the molecule is O=C(NN=Cc1c2ccccc2cc2ccccc12)c1ccn(Cc2cccc(Br)c2)n1. The maximum Gasteiger partial charge on any atom is 0.291 e. The van der Waals surface area contributed by atoms with E-state index in [0.717, 1.165) is 37.1 Å². The molecule has 0 saturated heterocycles. The van der Waals surface area contributed by atoms with Crippen LogP contribution in [0.25, 0.3) is 21.5 Å². The third-order valence-corrected chi connectivity index (χ3v) is 5.77. The number of nitrogens with zero attached hydrogens (tertiary/aromatic N) is 3. The average Bonchev–Trinajstić information content (AvgIpc) is 3.27. The maximum atomic E-state index is 12.6. The van der Waals surface area contributed by atoms with E-state index >= 15 is 0 Å². The van der Waals surface area contributed by atoms with Crippen molar-refractivity contribution in [1.29, 1.82) is 0 Å². The topological polar surface area (TPSA) is 59.3 Å². The molecule has 5 nitrogen and oxygen atoms in total. The predicted octanol–water partition coefficient (Wildman–Crippen LogP) is 5.76. The normalized spacial score (nSPS) is 11.4. The van der Waals surface area contributed by atoms with Crippen LogP contribution in [0.15, 0.2) is 101 Å². The molecule has 1 N–H and O–H groups in total. The number of carbonyl (C=O) groups excluding carboxylic acids is 1. The minimum Gasteiger partial charge on any atom is -0.268 e. The van der Waals surface area contributed by atoms with Gasteiger partial charge in [0.2, 0.25) is 0 Å². The minimum atomic E-state index is -0.348. The summed E-state index contributed by atoms with van der Waals surface area (Å²) in [5, 5.41) is 13.1. The standard InChI is InChI=1S/C26H19BrN4O/c27-21-9-5-6-18(14-21)17-31-13-12-25(30-31)26(32)29-28-16-24-22-10-3-1-7-19(22)15-20-8-2-4-11-23(20)24/h1-16H,17H2,(H,29,32). The average molecular weight is 483 g/mol. The molecule has 0 aliphatic carbocycles. The van der Waals surface area contributed by atoms with Crippen LogP contribution in [-0.4, -0.2) is 21.9 Å². The molecule has 0 fully saturated rings. The minimum absolute atomic E-state index is 0.319. The Balaban J connectivity index is 1.36. The van der Waals surface area contributed by atoms with Gasteiger partial charge in [-0.2, -0.15) is 10.2 Å². The first-order valence-electron chi connectivity index (χ1n) is 10.2. The maximum absolute atomic E-state index is 12.6. The number of nitrogens with one attached hydrogen (secondary N) is 1. The molecule has 4 aromatic carbocycles. The van der Waals surface area contributed by atoms with E-state index in [1.807, 2.05) is 48.5 Å². The number of halogens is 1. The van der Waals surface area contributed by atoms with Gasteiger partial charge in [-0.25, -0.2) is 5.43 Å². The predicted molar refractivity (Wildman–Crippen MR) is 132 cm³/mol. The fourth-order valence-electron chi connectivity index (χ4n) is 3.79. The van der Waals surface area contributed by atoms with Gasteiger partial charge in [-0.15, -0.1) is 0 Å². The molecule has 6 heteroatoms. The van der Waals surface area contributed by atoms with Crippen molar-refractivity contribution in [1.82, 2.24) is 15.2 Å². The van der Waals surface area contributed by atoms with Gasteiger partial charge < -0.3 is 0 Å². The summed E-state index contributed by atoms with van der Waals surface area (Å²) in [6, 6.07) is 28.2. The smallest absolute Gasteiger partial charge is 0.268 e. The molecule has 0 bridgehead atoms. The fourth-order valence-corrected chi connectivity index (χ4v) is 4.24. The summed E-state index contributed by atoms with van der Waals surface area (Å²) < 4.78 is 2.74. The summed E-state index contributed by atoms with van der Waals surface area (Å²) in [5.41, 5.74) is 4.99. The highest BCUT2D eigenvalue weighted by molar-refractivity contribution is 9.10. The van der Waals surface area contributed by atoms with E-state index in [9.17, 15) is 4.79 Å². The van der Waals surface area contributed by atoms with E-state index in [-0.39, 0.29) is 5.91 Å². The molecular weight excluding hydrogens is 464 g/mol. The molecule has 32 heavy (non-hydrogen) atoms. The van der Waals surface area contributed by atoms with Crippen molar-refractivity contribution in [2.75, 3.05) is 0 Å². The highest BCUT2D eigenvalue weighted by Gasteiger charge is 2.10. The van der Waals surface area contributed by atoms with Gasteiger partial charge in [-0.3, -0.25) is 9.48 Å². The molecule has 156 valence electrons. The molecule has 0 unspecified atom stereocenters. The Hall–Kier alpha value is -3.77. The zero-order valence-electron chi connectivity index (χ0n) is 17.1. The lowest BCUT2D eigenvalue weighted by Crippen LogP contribution is -2.18. The summed E-state index contributed by atoms with van der Waals surface area (Å²) >= 11 is 3.47. The van der Waals surface area contributed by atoms with Crippen LogP contribution >= 0.6 is 15.9 Å². The summed E-state index contributed by atoms with van der Waals surface area (Å²) in [6.45, 7) is 0.581. The van der Waals surface area contributed by atoms with Crippen molar-refractivity contribution in [3.05, 3.63) is 112 Å². The molecule has 0 atom stereocenters. The molecule has 1 amide bonds. The van der Waals surface area contributed by atoms with Gasteiger partial charge in [-0.1, -0.05) is 76.6 Å². The molecule has 0 aliphatic rings. The first-order valence-corrected chi connectivity index (χ1v) is 11.0. The molecule has 0 radical (unpaired) electrons. The molecule has 5 aromatic rings. The van der Waals surface area contributed by atoms with Gasteiger partial charge in [0.05, 0.1) is 12.8 Å². The van der Waals surface area contributed by atoms with Gasteiger partial charge in [0.25, 0.3) is 5.91 Å². The number of rotatable bonds is 5. The summed E-state index contributed by atoms with van der Waals surface area (Å²) in [4.78, 5) is 12.6. The second-order valence-electron chi connectivity index (χ2n) is 7.46. The molecule has 5 rings (SSSR count). The van der Waals surface area contributed by atoms with E-state index in [1.165, 1.54) is 0 Å². The summed E-state index contributed by atoms with van der Waals surface area (Å²) in [7, 11) is 0. The lowest BCUT2D eigenvalue weighted by molar-refractivity contribution is 0.0949. The van der Waals surface area contributed by atoms with Crippen molar-refractivity contribution in [2.45, 2.75) is 6.54 Å². The van der Waals surface area contributed by atoms with Crippen LogP contribution in [0.4, 0.5) is 0 Å². The number of amides is 1. The molecule has 1 heterocycles. The Kier molecular flexibility index (Phi) is 5.52. The van der Waals surface area contributed by atoms with Crippen LogP contribution in [0, 0.1) is 0 Å². The van der Waals surface area contributed by atoms with E-state index < -0.39 is 0 Å². The third kappa shape index (κ3) is 4.18. The van der Waals surface area contributed by atoms with Crippen molar-refractivity contribution in [3.8, 4) is 0 Å². The van der Waals surface area contributed by atoms with Gasteiger partial charge in [0, 0.05) is 16.2 Å². The number of hydrazone groups is 1. The molecule has 0 saturated carbocycles. The van der Waals surface area contributed by atoms with Gasteiger partial charge >= 0.3 is 0 Å². The second kappa shape index (κ2) is 8.77. The first-order chi connectivity index (χ1) is 15.7. The Morgan fingerprint density at radius 2 is 1.66 bits per heavy atom. The van der Waals surface area contributed by atoms with Crippen molar-refractivity contribution < 1.29 is 4.79 Å². The van der Waals surface area contributed by atoms with Crippen LogP contribution in [-0.2, 0) is 6.54 Å². The number of benzene rings is 4. The zero-order chi connectivity index (χ0) is 21.9. The van der Waals surface area contributed by atoms with Crippen LogP contribution in [0.1, 0.15) is 21.6 Å². The number of aromatic nitrogens is 2. The zero-order valence-corrected chi connectivity index (χ0v) is 18.7. The Morgan fingerprint density at radius 3 is 2.38 bits per heavy atom. The fraction of sp³-hybridized carbons (Fsp3) is 0.0385. The summed E-state index contributed by atoms with van der Waals surface area (Å²) in [5.74, 6) is -0.348. The number of hydrogen-bond acceptors (Lipinski definition) is 3. The van der Waals surface area contributed by atoms with Crippen molar-refractivity contribution in [2.24, 2.45) is 5.10 Å². The second-order valence-corrected chi connectivity index (χ2v) is 8.38. The Morgan fingerprint density at radius 1 is 0.938 bits per heavy atom. The monoisotopic (exact) mass is 482 g/mol. The van der Waals surface area contributed by atoms with E-state index in [4.69, 9.17) is 0 Å². The molecule has 0 aliphatic heterocycles. The van der Waals surface area contributed by atoms with E-state index in [0.29, 0.717) is 12.2 Å². The van der Waals surface area contributed by atoms with Gasteiger partial charge in [0.15, 0.2) is 5.69 Å². The van der Waals surface area contributed by atoms with Crippen LogP contribution in [0.2, 0.25) is 0 Å². The lowest BCUT2D eigenvalue weighted by Gasteiger charge is -2.07. The Bertz CT molecular complexity index is 1420. The molecular formula is C26H19BrN4O. The van der Waals surface area contributed by atoms with Crippen molar-refractivity contribution >= 4 is 49.6 Å². The largest absolute Gasteiger partial charge is 0.291 e. The molecule has 1 aromatic heterocycles. The van der Waals surface area contributed by atoms with Gasteiger partial charge in [-0.05, 0) is 51.4 Å².